The Morgan fingerprint density at radius 2 is 1.74 bits per heavy atom. The van der Waals surface area contributed by atoms with E-state index < -0.39 is 5.43 Å². The van der Waals surface area contributed by atoms with Gasteiger partial charge in [0.25, 0.3) is 0 Å². The summed E-state index contributed by atoms with van der Waals surface area (Å²) in [6, 6.07) is 7.67. The van der Waals surface area contributed by atoms with E-state index in [9.17, 15) is 15.0 Å². The summed E-state index contributed by atoms with van der Waals surface area (Å²) in [7, 11) is 2.82. The Morgan fingerprint density at radius 3 is 2.39 bits per heavy atom. The highest BCUT2D eigenvalue weighted by Gasteiger charge is 2.21. The number of phenolic OH excluding ortho intramolecular Hbond substituents is 2. The summed E-state index contributed by atoms with van der Waals surface area (Å²) < 4.78 is 15.8. The summed E-state index contributed by atoms with van der Waals surface area (Å²) in [5, 5.41) is 20.1. The van der Waals surface area contributed by atoms with Gasteiger partial charge in [-0.05, 0) is 6.07 Å². The first kappa shape index (κ1) is 14.8. The van der Waals surface area contributed by atoms with Crippen molar-refractivity contribution in [3.05, 3.63) is 46.8 Å². The predicted octanol–water partition coefficient (Wildman–Crippen LogP) is 2.89. The van der Waals surface area contributed by atoms with Crippen LogP contribution in [0, 0.1) is 0 Å². The van der Waals surface area contributed by atoms with E-state index in [1.807, 2.05) is 0 Å². The monoisotopic (exact) mass is 314 g/mol. The maximum atomic E-state index is 12.7. The molecule has 0 aliphatic carbocycles. The first-order valence-corrected chi connectivity index (χ1v) is 6.76. The zero-order chi connectivity index (χ0) is 16.6. The summed E-state index contributed by atoms with van der Waals surface area (Å²) in [4.78, 5) is 12.7. The Bertz CT molecular complexity index is 942. The molecule has 0 aliphatic heterocycles. The van der Waals surface area contributed by atoms with Gasteiger partial charge in [-0.15, -0.1) is 0 Å². The summed E-state index contributed by atoms with van der Waals surface area (Å²) in [6.07, 6.45) is 1.22. The van der Waals surface area contributed by atoms with Gasteiger partial charge >= 0.3 is 0 Å². The van der Waals surface area contributed by atoms with E-state index in [0.29, 0.717) is 5.56 Å². The van der Waals surface area contributed by atoms with E-state index in [1.165, 1.54) is 32.6 Å². The lowest BCUT2D eigenvalue weighted by Gasteiger charge is -2.12. The Morgan fingerprint density at radius 1 is 1.00 bits per heavy atom. The molecule has 0 spiro atoms. The van der Waals surface area contributed by atoms with Crippen molar-refractivity contribution >= 4 is 11.0 Å². The van der Waals surface area contributed by atoms with Crippen molar-refractivity contribution in [2.75, 3.05) is 14.2 Å². The summed E-state index contributed by atoms with van der Waals surface area (Å²) in [6.45, 7) is 0. The highest BCUT2D eigenvalue weighted by atomic mass is 16.5. The fraction of sp³-hybridized carbons (Fsp3) is 0.118. The number of fused-ring (bicyclic) bond motifs is 1. The van der Waals surface area contributed by atoms with Gasteiger partial charge in [-0.25, -0.2) is 0 Å². The Hall–Kier alpha value is -3.15. The number of benzene rings is 2. The fourth-order valence-corrected chi connectivity index (χ4v) is 2.47. The minimum absolute atomic E-state index is 0.0385. The molecule has 0 amide bonds. The van der Waals surface area contributed by atoms with Crippen molar-refractivity contribution in [3.8, 4) is 34.1 Å². The lowest BCUT2D eigenvalue weighted by atomic mass is 10.0. The van der Waals surface area contributed by atoms with E-state index in [4.69, 9.17) is 13.9 Å². The molecule has 0 aliphatic rings. The van der Waals surface area contributed by atoms with Crippen LogP contribution in [0.5, 0.6) is 23.0 Å². The molecule has 0 radical (unpaired) electrons. The van der Waals surface area contributed by atoms with Crippen molar-refractivity contribution in [1.29, 1.82) is 0 Å². The van der Waals surface area contributed by atoms with E-state index in [1.54, 1.807) is 18.2 Å². The van der Waals surface area contributed by atoms with E-state index in [0.717, 1.165) is 0 Å². The molecule has 0 saturated heterocycles. The number of rotatable bonds is 3. The summed E-state index contributed by atoms with van der Waals surface area (Å²) >= 11 is 0. The zero-order valence-electron chi connectivity index (χ0n) is 12.5. The van der Waals surface area contributed by atoms with Crippen molar-refractivity contribution in [2.24, 2.45) is 0 Å². The molecule has 23 heavy (non-hydrogen) atoms. The number of methoxy groups -OCH3 is 2. The first-order valence-electron chi connectivity index (χ1n) is 6.76. The third-order valence-electron chi connectivity index (χ3n) is 3.57. The molecule has 2 N–H and O–H groups in total. The highest BCUT2D eigenvalue weighted by molar-refractivity contribution is 5.93. The van der Waals surface area contributed by atoms with Gasteiger partial charge in [-0.1, -0.05) is 18.2 Å². The molecule has 2 aromatic carbocycles. The van der Waals surface area contributed by atoms with Crippen LogP contribution in [0.2, 0.25) is 0 Å². The van der Waals surface area contributed by atoms with Crippen LogP contribution in [0.25, 0.3) is 22.1 Å². The molecule has 1 heterocycles. The summed E-state index contributed by atoms with van der Waals surface area (Å²) in [5.74, 6) is 0.111. The number of hydrogen-bond acceptors (Lipinski definition) is 6. The van der Waals surface area contributed by atoms with Crippen LogP contribution < -0.4 is 14.9 Å². The van der Waals surface area contributed by atoms with Crippen LogP contribution in [-0.2, 0) is 0 Å². The zero-order valence-corrected chi connectivity index (χ0v) is 12.5. The van der Waals surface area contributed by atoms with E-state index >= 15 is 0 Å². The minimum Gasteiger partial charge on any atom is -0.507 e. The SMILES string of the molecule is COc1cc(O)c2c(=O)c(-c3ccccc3O)coc2c1OC. The average molecular weight is 314 g/mol. The van der Waals surface area contributed by atoms with Gasteiger partial charge in [0.15, 0.2) is 11.3 Å². The second-order valence-electron chi connectivity index (χ2n) is 4.83. The van der Waals surface area contributed by atoms with E-state index in [2.05, 4.69) is 0 Å². The van der Waals surface area contributed by atoms with Gasteiger partial charge in [-0.3, -0.25) is 4.79 Å². The second kappa shape index (κ2) is 5.57. The average Bonchev–Trinajstić information content (AvgIpc) is 2.55. The van der Waals surface area contributed by atoms with Gasteiger partial charge in [-0.2, -0.15) is 0 Å². The number of para-hydroxylation sites is 1. The summed E-state index contributed by atoms with van der Waals surface area (Å²) in [5.41, 5.74) is 0.0511. The maximum Gasteiger partial charge on any atom is 0.204 e. The molecule has 0 bridgehead atoms. The van der Waals surface area contributed by atoms with Gasteiger partial charge in [0.1, 0.15) is 23.1 Å². The van der Waals surface area contributed by atoms with Crippen LogP contribution >= 0.6 is 0 Å². The Labute approximate surface area is 131 Å². The van der Waals surface area contributed by atoms with Crippen molar-refractivity contribution in [3.63, 3.8) is 0 Å². The smallest absolute Gasteiger partial charge is 0.204 e. The number of phenols is 2. The lowest BCUT2D eigenvalue weighted by molar-refractivity contribution is 0.350. The maximum absolute atomic E-state index is 12.7. The molecule has 3 aromatic rings. The number of ether oxygens (including phenoxy) is 2. The first-order chi connectivity index (χ1) is 11.1. The lowest BCUT2D eigenvalue weighted by Crippen LogP contribution is -2.06. The molecule has 3 rings (SSSR count). The van der Waals surface area contributed by atoms with Gasteiger partial charge in [0.2, 0.25) is 11.2 Å². The van der Waals surface area contributed by atoms with Crippen LogP contribution in [-0.4, -0.2) is 24.4 Å². The van der Waals surface area contributed by atoms with Gasteiger partial charge in [0, 0.05) is 11.6 Å². The minimum atomic E-state index is -0.480. The van der Waals surface area contributed by atoms with Gasteiger partial charge in [0.05, 0.1) is 19.8 Å². The predicted molar refractivity (Wildman–Crippen MR) is 84.4 cm³/mol. The molecule has 0 fully saturated rings. The second-order valence-corrected chi connectivity index (χ2v) is 4.83. The topological polar surface area (TPSA) is 89.1 Å². The normalized spacial score (nSPS) is 10.7. The molecule has 6 heteroatoms. The molecule has 118 valence electrons. The third-order valence-corrected chi connectivity index (χ3v) is 3.57. The van der Waals surface area contributed by atoms with Crippen molar-refractivity contribution in [2.45, 2.75) is 0 Å². The molecule has 1 aromatic heterocycles. The highest BCUT2D eigenvalue weighted by Crippen LogP contribution is 2.40. The van der Waals surface area contributed by atoms with Crippen LogP contribution in [0.1, 0.15) is 0 Å². The van der Waals surface area contributed by atoms with Crippen LogP contribution in [0.4, 0.5) is 0 Å². The third kappa shape index (κ3) is 2.24. The largest absolute Gasteiger partial charge is 0.507 e. The molecule has 0 unspecified atom stereocenters. The van der Waals surface area contributed by atoms with Crippen molar-refractivity contribution < 1.29 is 24.1 Å². The molecule has 6 nitrogen and oxygen atoms in total. The number of aromatic hydroxyl groups is 2. The standard InChI is InChI=1S/C17H14O6/c1-21-13-7-12(19)14-15(20)10(8-23-17(14)16(13)22-2)9-5-3-4-6-11(9)18/h3-8,18-19H,1-2H3. The van der Waals surface area contributed by atoms with Crippen LogP contribution in [0.15, 0.2) is 45.8 Å². The molecular formula is C17H14O6. The molecular weight excluding hydrogens is 300 g/mol. The Kier molecular flexibility index (Phi) is 3.57. The number of hydrogen-bond donors (Lipinski definition) is 2. The quantitative estimate of drug-likeness (QED) is 0.772. The van der Waals surface area contributed by atoms with Crippen LogP contribution in [0.3, 0.4) is 0 Å². The Balaban J connectivity index is 2.39. The van der Waals surface area contributed by atoms with Crippen molar-refractivity contribution in [1.82, 2.24) is 0 Å². The van der Waals surface area contributed by atoms with Gasteiger partial charge < -0.3 is 24.1 Å². The molecule has 0 atom stereocenters. The molecule has 0 saturated carbocycles. The van der Waals surface area contributed by atoms with E-state index in [-0.39, 0.29) is 39.5 Å². The fourth-order valence-electron chi connectivity index (χ4n) is 2.47.